The fraction of sp³-hybridized carbons (Fsp3) is 0.174. The normalized spacial score (nSPS) is 11.0. The van der Waals surface area contributed by atoms with Crippen LogP contribution in [0.4, 0.5) is 5.13 Å². The first-order chi connectivity index (χ1) is 14.6. The van der Waals surface area contributed by atoms with Gasteiger partial charge in [0.25, 0.3) is 0 Å². The number of aromatic nitrogens is 2. The zero-order valence-electron chi connectivity index (χ0n) is 16.4. The summed E-state index contributed by atoms with van der Waals surface area (Å²) < 4.78 is 1.09. The molecule has 0 bridgehead atoms. The first kappa shape index (κ1) is 20.8. The lowest BCUT2D eigenvalue weighted by atomic mass is 10.2. The monoisotopic (exact) mass is 453 g/mol. The van der Waals surface area contributed by atoms with Crippen molar-refractivity contribution in [3.05, 3.63) is 83.1 Å². The van der Waals surface area contributed by atoms with Gasteiger partial charge in [-0.25, -0.2) is 4.98 Å². The van der Waals surface area contributed by atoms with Crippen molar-refractivity contribution in [2.75, 3.05) is 10.7 Å². The fourth-order valence-corrected chi connectivity index (χ4v) is 5.08. The lowest BCUT2D eigenvalue weighted by Gasteiger charge is -2.20. The second-order valence-corrected chi connectivity index (χ2v) is 9.43. The minimum atomic E-state index is 0.0528. The van der Waals surface area contributed by atoms with Gasteiger partial charge in [-0.3, -0.25) is 14.7 Å². The zero-order chi connectivity index (χ0) is 20.9. The van der Waals surface area contributed by atoms with Crippen molar-refractivity contribution in [1.29, 1.82) is 0 Å². The van der Waals surface area contributed by atoms with Crippen LogP contribution in [0.3, 0.4) is 0 Å². The van der Waals surface area contributed by atoms with E-state index < -0.39 is 0 Å². The van der Waals surface area contributed by atoms with Crippen molar-refractivity contribution in [2.45, 2.75) is 24.8 Å². The molecular weight excluding hydrogens is 434 g/mol. The number of thioether (sulfide) groups is 1. The van der Waals surface area contributed by atoms with E-state index >= 15 is 0 Å². The summed E-state index contributed by atoms with van der Waals surface area (Å²) in [6, 6.07) is 17.7. The highest BCUT2D eigenvalue weighted by Crippen LogP contribution is 2.32. The topological polar surface area (TPSA) is 46.1 Å². The lowest BCUT2D eigenvalue weighted by Crippen LogP contribution is -2.30. The Morgan fingerprint density at radius 1 is 1.13 bits per heavy atom. The average molecular weight is 454 g/mol. The molecule has 2 aromatic heterocycles. The predicted octanol–water partition coefficient (Wildman–Crippen LogP) is 6.37. The largest absolute Gasteiger partial charge is 0.284 e. The Kier molecular flexibility index (Phi) is 6.67. The van der Waals surface area contributed by atoms with Crippen LogP contribution < -0.4 is 4.90 Å². The van der Waals surface area contributed by atoms with Gasteiger partial charge in [0.1, 0.15) is 0 Å². The van der Waals surface area contributed by atoms with Gasteiger partial charge in [-0.15, -0.1) is 11.8 Å². The summed E-state index contributed by atoms with van der Waals surface area (Å²) in [6.45, 7) is 2.50. The number of halogens is 1. The van der Waals surface area contributed by atoms with Gasteiger partial charge in [-0.1, -0.05) is 41.1 Å². The minimum Gasteiger partial charge on any atom is -0.284 e. The maximum atomic E-state index is 13.2. The van der Waals surface area contributed by atoms with Crippen LogP contribution in [0.5, 0.6) is 0 Å². The number of anilines is 1. The van der Waals surface area contributed by atoms with Crippen LogP contribution in [-0.2, 0) is 11.3 Å². The number of aryl methyl sites for hydroxylation is 1. The van der Waals surface area contributed by atoms with Gasteiger partial charge in [0, 0.05) is 34.5 Å². The van der Waals surface area contributed by atoms with Gasteiger partial charge in [-0.2, -0.15) is 0 Å². The summed E-state index contributed by atoms with van der Waals surface area (Å²) >= 11 is 9.15. The second-order valence-electron chi connectivity index (χ2n) is 6.81. The molecule has 1 amide bonds. The number of amides is 1. The van der Waals surface area contributed by atoms with E-state index in [0.717, 1.165) is 31.4 Å². The molecule has 0 unspecified atom stereocenters. The Morgan fingerprint density at radius 3 is 2.70 bits per heavy atom. The van der Waals surface area contributed by atoms with Gasteiger partial charge >= 0.3 is 0 Å². The Hall–Kier alpha value is -2.41. The Balaban J connectivity index is 1.53. The summed E-state index contributed by atoms with van der Waals surface area (Å²) in [5, 5.41) is 1.44. The van der Waals surface area contributed by atoms with Crippen molar-refractivity contribution in [1.82, 2.24) is 9.97 Å². The van der Waals surface area contributed by atoms with Crippen molar-refractivity contribution < 1.29 is 4.79 Å². The Morgan fingerprint density at radius 2 is 1.97 bits per heavy atom. The quantitative estimate of drug-likeness (QED) is 0.305. The third-order valence-electron chi connectivity index (χ3n) is 4.60. The number of nitrogens with zero attached hydrogens (tertiary/aromatic N) is 3. The molecule has 2 aromatic carbocycles. The van der Waals surface area contributed by atoms with Crippen molar-refractivity contribution in [3.8, 4) is 0 Å². The maximum Gasteiger partial charge on any atom is 0.229 e. The highest BCUT2D eigenvalue weighted by molar-refractivity contribution is 7.99. The minimum absolute atomic E-state index is 0.0528. The molecule has 152 valence electrons. The van der Waals surface area contributed by atoms with Crippen molar-refractivity contribution in [2.24, 2.45) is 0 Å². The molecule has 4 rings (SSSR count). The third-order valence-corrected chi connectivity index (χ3v) is 6.91. The molecule has 0 aliphatic heterocycles. The molecule has 4 nitrogen and oxygen atoms in total. The van der Waals surface area contributed by atoms with Crippen LogP contribution in [0.1, 0.15) is 17.5 Å². The highest BCUT2D eigenvalue weighted by atomic mass is 35.5. The summed E-state index contributed by atoms with van der Waals surface area (Å²) in [5.41, 5.74) is 3.05. The Bertz CT molecular complexity index is 1150. The van der Waals surface area contributed by atoms with E-state index in [4.69, 9.17) is 16.6 Å². The van der Waals surface area contributed by atoms with E-state index in [0.29, 0.717) is 23.7 Å². The van der Waals surface area contributed by atoms with Gasteiger partial charge in [-0.05, 0) is 54.4 Å². The number of para-hydroxylation sites is 1. The molecule has 0 atom stereocenters. The molecule has 7 heteroatoms. The van der Waals surface area contributed by atoms with Gasteiger partial charge < -0.3 is 0 Å². The van der Waals surface area contributed by atoms with E-state index in [1.54, 1.807) is 40.4 Å². The number of benzene rings is 2. The first-order valence-electron chi connectivity index (χ1n) is 9.54. The number of rotatable bonds is 7. The van der Waals surface area contributed by atoms with Crippen LogP contribution in [0.25, 0.3) is 10.2 Å². The molecular formula is C23H20ClN3OS2. The number of hydrogen-bond acceptors (Lipinski definition) is 5. The second kappa shape index (κ2) is 9.60. The number of fused-ring (bicyclic) bond motifs is 1. The van der Waals surface area contributed by atoms with E-state index in [2.05, 4.69) is 4.98 Å². The number of thiazole rings is 1. The predicted molar refractivity (Wildman–Crippen MR) is 127 cm³/mol. The van der Waals surface area contributed by atoms with Gasteiger partial charge in [0.15, 0.2) is 5.13 Å². The molecule has 0 saturated carbocycles. The zero-order valence-corrected chi connectivity index (χ0v) is 18.8. The number of pyridine rings is 1. The molecule has 2 heterocycles. The highest BCUT2D eigenvalue weighted by Gasteiger charge is 2.20. The molecule has 4 aromatic rings. The van der Waals surface area contributed by atoms with Crippen LogP contribution in [-0.4, -0.2) is 21.6 Å². The third kappa shape index (κ3) is 5.01. The smallest absolute Gasteiger partial charge is 0.229 e. The van der Waals surface area contributed by atoms with E-state index in [-0.39, 0.29) is 5.91 Å². The Labute approximate surface area is 188 Å². The van der Waals surface area contributed by atoms with E-state index in [9.17, 15) is 4.79 Å². The van der Waals surface area contributed by atoms with Gasteiger partial charge in [0.05, 0.1) is 16.8 Å². The van der Waals surface area contributed by atoms with E-state index in [1.165, 1.54) is 0 Å². The number of carbonyl (C=O) groups excluding carboxylic acids is 1. The van der Waals surface area contributed by atoms with Crippen molar-refractivity contribution in [3.63, 3.8) is 0 Å². The summed E-state index contributed by atoms with van der Waals surface area (Å²) in [5.74, 6) is 0.741. The maximum absolute atomic E-state index is 13.2. The van der Waals surface area contributed by atoms with Gasteiger partial charge in [0.2, 0.25) is 5.91 Å². The fourth-order valence-electron chi connectivity index (χ4n) is 3.05. The van der Waals surface area contributed by atoms with Crippen LogP contribution in [0.2, 0.25) is 5.02 Å². The first-order valence-corrected chi connectivity index (χ1v) is 11.7. The molecule has 0 fully saturated rings. The van der Waals surface area contributed by atoms with Crippen molar-refractivity contribution >= 4 is 56.0 Å². The summed E-state index contributed by atoms with van der Waals surface area (Å²) in [4.78, 5) is 25.0. The standard InChI is InChI=1S/C23H20ClN3OS2/c1-16-4-2-6-20-22(16)26-23(30-20)27(15-17-5-3-12-25-14-17)21(28)11-13-29-19-9-7-18(24)8-10-19/h2-10,12,14H,11,13,15H2,1H3. The molecule has 0 saturated heterocycles. The molecule has 0 N–H and O–H groups in total. The van der Waals surface area contributed by atoms with Crippen LogP contribution >= 0.6 is 34.7 Å². The molecule has 30 heavy (non-hydrogen) atoms. The van der Waals surface area contributed by atoms with Crippen LogP contribution in [0, 0.1) is 6.92 Å². The number of hydrogen-bond donors (Lipinski definition) is 0. The summed E-state index contributed by atoms with van der Waals surface area (Å²) in [6.07, 6.45) is 3.95. The molecule has 0 radical (unpaired) electrons. The van der Waals surface area contributed by atoms with Crippen LogP contribution in [0.15, 0.2) is 71.9 Å². The number of carbonyl (C=O) groups is 1. The molecule has 0 aliphatic rings. The SMILES string of the molecule is Cc1cccc2sc(N(Cc3cccnc3)C(=O)CCSc3ccc(Cl)cc3)nc12. The molecule has 0 aliphatic carbocycles. The lowest BCUT2D eigenvalue weighted by molar-refractivity contribution is -0.118. The average Bonchev–Trinajstić information content (AvgIpc) is 3.19. The summed E-state index contributed by atoms with van der Waals surface area (Å²) in [7, 11) is 0. The molecule has 0 spiro atoms. The van der Waals surface area contributed by atoms with E-state index in [1.807, 2.05) is 61.5 Å².